The molecule has 1 aromatic carbocycles. The van der Waals surface area contributed by atoms with Crippen molar-refractivity contribution >= 4 is 5.91 Å². The Balaban J connectivity index is 1.32. The van der Waals surface area contributed by atoms with Gasteiger partial charge in [-0.15, -0.1) is 0 Å². The lowest BCUT2D eigenvalue weighted by molar-refractivity contribution is -0.127. The Kier molecular flexibility index (Phi) is 4.19. The van der Waals surface area contributed by atoms with Crippen LogP contribution in [0.4, 0.5) is 0 Å². The Morgan fingerprint density at radius 3 is 2.28 bits per heavy atom. The lowest BCUT2D eigenvalue weighted by atomic mass is 9.48. The quantitative estimate of drug-likeness (QED) is 0.891. The summed E-state index contributed by atoms with van der Waals surface area (Å²) >= 11 is 0. The standard InChI is InChI=1S/C21H26N2O2/c1-14(21-9-16-6-17(10-21)8-18(7-16)11-21)23-20(24)13-25-19-4-2-15(12-22)3-5-19/h2-5,14,16-18H,6-11,13H2,1H3,(H,23,24). The Hall–Kier alpha value is -2.02. The van der Waals surface area contributed by atoms with E-state index in [0.29, 0.717) is 16.7 Å². The third-order valence-corrected chi connectivity index (χ3v) is 6.74. The highest BCUT2D eigenvalue weighted by atomic mass is 16.5. The van der Waals surface area contributed by atoms with Gasteiger partial charge in [0, 0.05) is 6.04 Å². The van der Waals surface area contributed by atoms with Crippen molar-refractivity contribution in [2.45, 2.75) is 51.5 Å². The van der Waals surface area contributed by atoms with Crippen LogP contribution in [0.3, 0.4) is 0 Å². The second-order valence-electron chi connectivity index (χ2n) is 8.49. The van der Waals surface area contributed by atoms with Gasteiger partial charge in [-0.25, -0.2) is 0 Å². The fraction of sp³-hybridized carbons (Fsp3) is 0.619. The van der Waals surface area contributed by atoms with Gasteiger partial charge in [0.15, 0.2) is 6.61 Å². The van der Waals surface area contributed by atoms with E-state index in [1.807, 2.05) is 0 Å². The van der Waals surface area contributed by atoms with Crippen LogP contribution >= 0.6 is 0 Å². The van der Waals surface area contributed by atoms with E-state index in [2.05, 4.69) is 18.3 Å². The molecule has 4 saturated carbocycles. The zero-order chi connectivity index (χ0) is 17.4. The van der Waals surface area contributed by atoms with Crippen LogP contribution < -0.4 is 10.1 Å². The zero-order valence-corrected chi connectivity index (χ0v) is 14.8. The minimum Gasteiger partial charge on any atom is -0.484 e. The highest BCUT2D eigenvalue weighted by Crippen LogP contribution is 2.61. The van der Waals surface area contributed by atoms with Crippen molar-refractivity contribution in [1.82, 2.24) is 5.32 Å². The number of carbonyl (C=O) groups is 1. The summed E-state index contributed by atoms with van der Waals surface area (Å²) in [5.74, 6) is 3.24. The van der Waals surface area contributed by atoms with E-state index in [-0.39, 0.29) is 18.6 Å². The number of benzene rings is 1. The number of ether oxygens (including phenoxy) is 1. The molecule has 0 aromatic heterocycles. The van der Waals surface area contributed by atoms with Crippen LogP contribution in [0.5, 0.6) is 5.75 Å². The van der Waals surface area contributed by atoms with Gasteiger partial charge in [-0.1, -0.05) is 0 Å². The molecule has 4 aliphatic rings. The van der Waals surface area contributed by atoms with Crippen molar-refractivity contribution in [2.75, 3.05) is 6.61 Å². The smallest absolute Gasteiger partial charge is 0.258 e. The summed E-state index contributed by atoms with van der Waals surface area (Å²) in [5, 5.41) is 12.0. The third-order valence-electron chi connectivity index (χ3n) is 6.74. The lowest BCUT2D eigenvalue weighted by Gasteiger charge is -2.59. The van der Waals surface area contributed by atoms with E-state index in [9.17, 15) is 4.79 Å². The van der Waals surface area contributed by atoms with Crippen LogP contribution in [-0.2, 0) is 4.79 Å². The second-order valence-corrected chi connectivity index (χ2v) is 8.49. The molecular weight excluding hydrogens is 312 g/mol. The van der Waals surface area contributed by atoms with Crippen LogP contribution in [-0.4, -0.2) is 18.6 Å². The molecule has 25 heavy (non-hydrogen) atoms. The molecule has 4 heteroatoms. The Morgan fingerprint density at radius 1 is 1.20 bits per heavy atom. The number of rotatable bonds is 5. The Labute approximate surface area is 149 Å². The monoisotopic (exact) mass is 338 g/mol. The summed E-state index contributed by atoms with van der Waals surface area (Å²) in [6, 6.07) is 9.15. The molecule has 5 rings (SSSR count). The maximum atomic E-state index is 12.4. The molecule has 0 heterocycles. The van der Waals surface area contributed by atoms with Crippen LogP contribution in [0, 0.1) is 34.5 Å². The molecule has 4 nitrogen and oxygen atoms in total. The molecule has 0 aliphatic heterocycles. The molecule has 1 amide bonds. The maximum Gasteiger partial charge on any atom is 0.258 e. The van der Waals surface area contributed by atoms with Gasteiger partial charge in [-0.3, -0.25) is 4.79 Å². The van der Waals surface area contributed by atoms with Gasteiger partial charge in [0.1, 0.15) is 5.75 Å². The van der Waals surface area contributed by atoms with E-state index in [1.54, 1.807) is 24.3 Å². The number of hydrogen-bond donors (Lipinski definition) is 1. The first-order valence-corrected chi connectivity index (χ1v) is 9.49. The molecule has 4 aliphatic carbocycles. The summed E-state index contributed by atoms with van der Waals surface area (Å²) in [6.07, 6.45) is 8.12. The molecule has 4 fully saturated rings. The van der Waals surface area contributed by atoms with E-state index in [1.165, 1.54) is 38.5 Å². The van der Waals surface area contributed by atoms with Crippen LogP contribution in [0.1, 0.15) is 51.0 Å². The highest BCUT2D eigenvalue weighted by Gasteiger charge is 2.53. The number of carbonyl (C=O) groups excluding carboxylic acids is 1. The van der Waals surface area contributed by atoms with Crippen LogP contribution in [0.15, 0.2) is 24.3 Å². The summed E-state index contributed by atoms with van der Waals surface area (Å²) in [6.45, 7) is 2.22. The molecule has 1 unspecified atom stereocenters. The summed E-state index contributed by atoms with van der Waals surface area (Å²) in [7, 11) is 0. The van der Waals surface area contributed by atoms with Gasteiger partial charge in [0.25, 0.3) is 5.91 Å². The SMILES string of the molecule is CC(NC(=O)COc1ccc(C#N)cc1)C12CC3CC(CC(C3)C1)C2. The second kappa shape index (κ2) is 6.37. The van der Waals surface area contributed by atoms with Gasteiger partial charge < -0.3 is 10.1 Å². The van der Waals surface area contributed by atoms with Gasteiger partial charge in [0.05, 0.1) is 11.6 Å². The van der Waals surface area contributed by atoms with Crippen molar-refractivity contribution in [3.05, 3.63) is 29.8 Å². The average Bonchev–Trinajstić information content (AvgIpc) is 2.59. The minimum absolute atomic E-state index is 0.0304. The predicted molar refractivity (Wildman–Crippen MR) is 94.9 cm³/mol. The van der Waals surface area contributed by atoms with Crippen LogP contribution in [0.25, 0.3) is 0 Å². The van der Waals surface area contributed by atoms with Gasteiger partial charge in [0.2, 0.25) is 0 Å². The Morgan fingerprint density at radius 2 is 1.76 bits per heavy atom. The minimum atomic E-state index is -0.0485. The molecule has 0 radical (unpaired) electrons. The molecule has 0 spiro atoms. The number of nitrogens with one attached hydrogen (secondary N) is 1. The number of nitriles is 1. The van der Waals surface area contributed by atoms with E-state index < -0.39 is 0 Å². The molecule has 1 atom stereocenters. The topological polar surface area (TPSA) is 62.1 Å². The molecule has 132 valence electrons. The van der Waals surface area contributed by atoms with Crippen molar-refractivity contribution in [2.24, 2.45) is 23.2 Å². The van der Waals surface area contributed by atoms with E-state index in [4.69, 9.17) is 10.00 Å². The first-order valence-electron chi connectivity index (χ1n) is 9.49. The lowest BCUT2D eigenvalue weighted by Crippen LogP contribution is -2.56. The maximum absolute atomic E-state index is 12.4. The average molecular weight is 338 g/mol. The molecular formula is C21H26N2O2. The highest BCUT2D eigenvalue weighted by molar-refractivity contribution is 5.77. The van der Waals surface area contributed by atoms with Crippen molar-refractivity contribution in [3.63, 3.8) is 0 Å². The van der Waals surface area contributed by atoms with Crippen LogP contribution in [0.2, 0.25) is 0 Å². The molecule has 0 saturated heterocycles. The fourth-order valence-corrected chi connectivity index (χ4v) is 5.92. The number of amides is 1. The van der Waals surface area contributed by atoms with E-state index >= 15 is 0 Å². The summed E-state index contributed by atoms with van der Waals surface area (Å²) in [4.78, 5) is 12.4. The molecule has 1 N–H and O–H groups in total. The predicted octanol–water partition coefficient (Wildman–Crippen LogP) is 3.66. The van der Waals surface area contributed by atoms with Crippen molar-refractivity contribution in [3.8, 4) is 11.8 Å². The molecule has 4 bridgehead atoms. The summed E-state index contributed by atoms with van der Waals surface area (Å²) in [5.41, 5.74) is 0.908. The van der Waals surface area contributed by atoms with Gasteiger partial charge >= 0.3 is 0 Å². The first kappa shape index (κ1) is 16.4. The number of nitrogens with zero attached hydrogens (tertiary/aromatic N) is 1. The number of hydrogen-bond acceptors (Lipinski definition) is 3. The largest absolute Gasteiger partial charge is 0.484 e. The van der Waals surface area contributed by atoms with Crippen molar-refractivity contribution < 1.29 is 9.53 Å². The normalized spacial score (nSPS) is 33.5. The van der Waals surface area contributed by atoms with Gasteiger partial charge in [-0.05, 0) is 92.9 Å². The fourth-order valence-electron chi connectivity index (χ4n) is 5.92. The molecule has 1 aromatic rings. The van der Waals surface area contributed by atoms with Gasteiger partial charge in [-0.2, -0.15) is 5.26 Å². The summed E-state index contributed by atoms with van der Waals surface area (Å²) < 4.78 is 5.57. The third kappa shape index (κ3) is 3.25. The van der Waals surface area contributed by atoms with E-state index in [0.717, 1.165) is 17.8 Å². The zero-order valence-electron chi connectivity index (χ0n) is 14.8. The first-order chi connectivity index (χ1) is 12.1. The van der Waals surface area contributed by atoms with Crippen molar-refractivity contribution in [1.29, 1.82) is 5.26 Å². The Bertz CT molecular complexity index is 654.